The minimum atomic E-state index is -0.372. The molecule has 0 spiro atoms. The molecule has 0 saturated carbocycles. The number of pyridine rings is 1. The predicted octanol–water partition coefficient (Wildman–Crippen LogP) is 2.28. The van der Waals surface area contributed by atoms with Gasteiger partial charge in [-0.1, -0.05) is 6.92 Å². The number of rotatable bonds is 4. The van der Waals surface area contributed by atoms with Crippen molar-refractivity contribution in [3.63, 3.8) is 0 Å². The minimum absolute atomic E-state index is 0.0887. The van der Waals surface area contributed by atoms with Crippen LogP contribution in [0.25, 0.3) is 0 Å². The summed E-state index contributed by atoms with van der Waals surface area (Å²) in [5.74, 6) is 0.137. The number of carbonyl (C=O) groups is 2. The number of hydrogen-bond donors (Lipinski definition) is 2. The first kappa shape index (κ1) is 12.8. The van der Waals surface area contributed by atoms with E-state index in [0.717, 1.165) is 0 Å². The van der Waals surface area contributed by atoms with Crippen LogP contribution in [0.1, 0.15) is 23.9 Å². The number of aromatic nitrogens is 1. The second-order valence-corrected chi connectivity index (χ2v) is 3.77. The number of amides is 2. The van der Waals surface area contributed by atoms with Crippen LogP contribution in [0.15, 0.2) is 41.1 Å². The molecule has 0 aliphatic carbocycles. The van der Waals surface area contributed by atoms with Gasteiger partial charge < -0.3 is 15.1 Å². The first-order valence-electron chi connectivity index (χ1n) is 5.80. The topological polar surface area (TPSA) is 84.2 Å². The van der Waals surface area contributed by atoms with E-state index in [0.29, 0.717) is 17.9 Å². The van der Waals surface area contributed by atoms with Crippen molar-refractivity contribution in [1.82, 2.24) is 4.98 Å². The summed E-state index contributed by atoms with van der Waals surface area (Å²) in [5.41, 5.74) is 0.586. The van der Waals surface area contributed by atoms with E-state index in [-0.39, 0.29) is 17.6 Å². The van der Waals surface area contributed by atoms with E-state index in [9.17, 15) is 9.59 Å². The molecule has 6 heteroatoms. The molecule has 2 heterocycles. The summed E-state index contributed by atoms with van der Waals surface area (Å²) in [6.07, 6.45) is 3.30. The Balaban J connectivity index is 1.99. The van der Waals surface area contributed by atoms with Crippen LogP contribution in [-0.2, 0) is 4.79 Å². The molecule has 0 aliphatic heterocycles. The molecule has 0 unspecified atom stereocenters. The largest absolute Gasteiger partial charge is 0.459 e. The van der Waals surface area contributed by atoms with Crippen molar-refractivity contribution in [2.45, 2.75) is 13.3 Å². The van der Waals surface area contributed by atoms with Gasteiger partial charge in [-0.25, -0.2) is 4.98 Å². The lowest BCUT2D eigenvalue weighted by Gasteiger charge is -2.05. The molecule has 2 N–H and O–H groups in total. The molecule has 0 aromatic carbocycles. The van der Waals surface area contributed by atoms with Crippen LogP contribution in [0.3, 0.4) is 0 Å². The highest BCUT2D eigenvalue weighted by Gasteiger charge is 2.09. The van der Waals surface area contributed by atoms with Gasteiger partial charge in [-0.15, -0.1) is 0 Å². The summed E-state index contributed by atoms with van der Waals surface area (Å²) in [7, 11) is 0. The van der Waals surface area contributed by atoms with Gasteiger partial charge in [0.15, 0.2) is 5.76 Å². The van der Waals surface area contributed by atoms with Gasteiger partial charge in [-0.2, -0.15) is 0 Å². The van der Waals surface area contributed by atoms with Crippen LogP contribution in [0.2, 0.25) is 0 Å². The van der Waals surface area contributed by atoms with E-state index < -0.39 is 0 Å². The molecule has 19 heavy (non-hydrogen) atoms. The van der Waals surface area contributed by atoms with E-state index in [1.54, 1.807) is 31.2 Å². The Morgan fingerprint density at radius 3 is 2.68 bits per heavy atom. The van der Waals surface area contributed by atoms with Crippen molar-refractivity contribution in [2.24, 2.45) is 0 Å². The van der Waals surface area contributed by atoms with Gasteiger partial charge in [0, 0.05) is 6.42 Å². The first-order valence-corrected chi connectivity index (χ1v) is 5.80. The van der Waals surface area contributed by atoms with E-state index >= 15 is 0 Å². The number of anilines is 2. The van der Waals surface area contributed by atoms with Crippen molar-refractivity contribution in [1.29, 1.82) is 0 Å². The van der Waals surface area contributed by atoms with Gasteiger partial charge in [-0.3, -0.25) is 9.59 Å². The highest BCUT2D eigenvalue weighted by molar-refractivity contribution is 6.01. The average Bonchev–Trinajstić information content (AvgIpc) is 2.95. The van der Waals surface area contributed by atoms with Gasteiger partial charge in [-0.05, 0) is 24.3 Å². The quantitative estimate of drug-likeness (QED) is 0.882. The van der Waals surface area contributed by atoms with Crippen molar-refractivity contribution in [3.05, 3.63) is 42.5 Å². The summed E-state index contributed by atoms with van der Waals surface area (Å²) in [4.78, 5) is 26.9. The molecule has 6 nitrogen and oxygen atoms in total. The molecule has 2 amide bonds. The Morgan fingerprint density at radius 2 is 2.11 bits per heavy atom. The molecule has 2 rings (SSSR count). The minimum Gasteiger partial charge on any atom is -0.459 e. The number of nitrogens with zero attached hydrogens (tertiary/aromatic N) is 1. The molecule has 0 fully saturated rings. The highest BCUT2D eigenvalue weighted by Crippen LogP contribution is 2.11. The zero-order valence-corrected chi connectivity index (χ0v) is 10.3. The monoisotopic (exact) mass is 259 g/mol. The molecule has 2 aromatic rings. The normalized spacial score (nSPS) is 9.95. The van der Waals surface area contributed by atoms with E-state index in [4.69, 9.17) is 4.42 Å². The Bertz CT molecular complexity index is 561. The highest BCUT2D eigenvalue weighted by atomic mass is 16.3. The van der Waals surface area contributed by atoms with Crippen molar-refractivity contribution >= 4 is 23.3 Å². The molecule has 2 aromatic heterocycles. The SMILES string of the molecule is CCC(=O)Nc1ccc(NC(=O)c2ccco2)nc1. The zero-order chi connectivity index (χ0) is 13.7. The molecule has 0 atom stereocenters. The summed E-state index contributed by atoms with van der Waals surface area (Å²) in [6, 6.07) is 6.46. The van der Waals surface area contributed by atoms with Gasteiger partial charge >= 0.3 is 0 Å². The van der Waals surface area contributed by atoms with Crippen LogP contribution >= 0.6 is 0 Å². The Kier molecular flexibility index (Phi) is 3.92. The second-order valence-electron chi connectivity index (χ2n) is 3.77. The molecular formula is C13H13N3O3. The Labute approximate surface area is 109 Å². The van der Waals surface area contributed by atoms with Gasteiger partial charge in [0.1, 0.15) is 5.82 Å². The van der Waals surface area contributed by atoms with Gasteiger partial charge in [0.05, 0.1) is 18.1 Å². The average molecular weight is 259 g/mol. The maximum atomic E-state index is 11.7. The third kappa shape index (κ3) is 3.41. The third-order valence-corrected chi connectivity index (χ3v) is 2.35. The summed E-state index contributed by atoms with van der Waals surface area (Å²) < 4.78 is 4.96. The van der Waals surface area contributed by atoms with Crippen molar-refractivity contribution in [2.75, 3.05) is 10.6 Å². The lowest BCUT2D eigenvalue weighted by molar-refractivity contribution is -0.115. The van der Waals surface area contributed by atoms with Gasteiger partial charge in [0.25, 0.3) is 5.91 Å². The lowest BCUT2D eigenvalue weighted by Crippen LogP contribution is -2.13. The smallest absolute Gasteiger partial charge is 0.292 e. The fourth-order valence-electron chi connectivity index (χ4n) is 1.38. The standard InChI is InChI=1S/C13H13N3O3/c1-2-12(17)15-9-5-6-11(14-8-9)16-13(18)10-4-3-7-19-10/h3-8H,2H2,1H3,(H,15,17)(H,14,16,18). The van der Waals surface area contributed by atoms with Crippen LogP contribution in [-0.4, -0.2) is 16.8 Å². The predicted molar refractivity (Wildman–Crippen MR) is 69.8 cm³/mol. The zero-order valence-electron chi connectivity index (χ0n) is 10.3. The summed E-state index contributed by atoms with van der Waals surface area (Å²) >= 11 is 0. The van der Waals surface area contributed by atoms with Crippen LogP contribution in [0.5, 0.6) is 0 Å². The number of nitrogens with one attached hydrogen (secondary N) is 2. The number of carbonyl (C=O) groups excluding carboxylic acids is 2. The first-order chi connectivity index (χ1) is 9.19. The Hall–Kier alpha value is -2.63. The number of furan rings is 1. The van der Waals surface area contributed by atoms with E-state index in [1.807, 2.05) is 0 Å². The molecule has 0 bridgehead atoms. The van der Waals surface area contributed by atoms with E-state index in [1.165, 1.54) is 12.5 Å². The fraction of sp³-hybridized carbons (Fsp3) is 0.154. The van der Waals surface area contributed by atoms with Crippen LogP contribution < -0.4 is 10.6 Å². The summed E-state index contributed by atoms with van der Waals surface area (Å²) in [6.45, 7) is 1.76. The second kappa shape index (κ2) is 5.81. The van der Waals surface area contributed by atoms with Crippen LogP contribution in [0.4, 0.5) is 11.5 Å². The molecular weight excluding hydrogens is 246 g/mol. The van der Waals surface area contributed by atoms with Gasteiger partial charge in [0.2, 0.25) is 5.91 Å². The third-order valence-electron chi connectivity index (χ3n) is 2.35. The van der Waals surface area contributed by atoms with Crippen molar-refractivity contribution in [3.8, 4) is 0 Å². The van der Waals surface area contributed by atoms with Crippen LogP contribution in [0, 0.1) is 0 Å². The molecule has 0 radical (unpaired) electrons. The molecule has 0 aliphatic rings. The Morgan fingerprint density at radius 1 is 1.26 bits per heavy atom. The number of hydrogen-bond acceptors (Lipinski definition) is 4. The maximum Gasteiger partial charge on any atom is 0.292 e. The maximum absolute atomic E-state index is 11.7. The fourth-order valence-corrected chi connectivity index (χ4v) is 1.38. The summed E-state index contributed by atoms with van der Waals surface area (Å²) in [5, 5.41) is 5.25. The van der Waals surface area contributed by atoms with Crippen molar-refractivity contribution < 1.29 is 14.0 Å². The van der Waals surface area contributed by atoms with E-state index in [2.05, 4.69) is 15.6 Å². The lowest BCUT2D eigenvalue weighted by atomic mass is 10.3. The molecule has 0 saturated heterocycles. The molecule has 98 valence electrons.